The van der Waals surface area contributed by atoms with Crippen LogP contribution in [0.1, 0.15) is 54.3 Å². The number of alkyl halides is 8. The van der Waals surface area contributed by atoms with Crippen LogP contribution in [0.5, 0.6) is 23.0 Å². The van der Waals surface area contributed by atoms with Gasteiger partial charge in [-0.05, 0) is 134 Å². The van der Waals surface area contributed by atoms with Gasteiger partial charge in [-0.2, -0.15) is 81.2 Å². The summed E-state index contributed by atoms with van der Waals surface area (Å²) >= 11 is 0. The molecule has 148 heavy (non-hydrogen) atoms. The third kappa shape index (κ3) is 21.6. The third-order valence-corrected chi connectivity index (χ3v) is 29.3. The van der Waals surface area contributed by atoms with E-state index in [2.05, 4.69) is 111 Å². The minimum absolute atomic E-state index is 0.00823. The van der Waals surface area contributed by atoms with E-state index in [1.165, 1.54) is 197 Å². The van der Waals surface area contributed by atoms with Crippen molar-refractivity contribution in [2.45, 2.75) is 80.5 Å². The molecule has 57 heteroatoms. The van der Waals surface area contributed by atoms with Crippen LogP contribution in [0.4, 0.5) is 57.9 Å². The number of pyridine rings is 2. The first kappa shape index (κ1) is 101. The molecule has 1 aliphatic carbocycles. The van der Waals surface area contributed by atoms with E-state index in [1.54, 1.807) is 63.1 Å². The molecule has 0 bridgehead atoms. The van der Waals surface area contributed by atoms with Crippen molar-refractivity contribution in [1.82, 2.24) is 107 Å². The lowest BCUT2D eigenvalue weighted by Crippen LogP contribution is -2.17. The number of nitriles is 1. The molecule has 15 heterocycles. The van der Waals surface area contributed by atoms with Gasteiger partial charge in [0.05, 0.1) is 106 Å². The standard InChI is InChI=1S/C24H19F2N7O5S.C23H17F2N7O4S.2C22H17F2N7O4S/c1-31-9-6-15(11-20(31)34)39(36,37)14-4-5-19(38-24(25)26)16(10-14)21-18(13-32(2)30-21)29-23(35)17-12-28-33-8-3-7-27-22(17)33;1-31-13-18(29-22(33)17-12-28-32-9-3-8-27-21(17)32)20(30-31)16-10-14(5-6-19(16)36-23(24)25)37(34,35)15-4-2-7-26-11-15;1-30-12-17(28-21(32)16-11-27-31-8-2-6-26-20(16)31)19(29-30)15-9-13(3-4-18(15)35-22(23)24)36(33,34)14-5-7-25-10-14;23-22(24)35-18-5-4-14(36(33,34)13-2-3-13)10-15(18)19-17(12-30(29-19)9-6-25)28-21(32)16-11-27-31-8-1-7-26-20(16)31/h3-13,24H,1-2H3,(H,29,35);2-13,23H,1H3,(H,29,33);2-6,8-12,22H,7H2,1H3,(H,28,32);1,4-5,7-8,10-13,22H,2-3,9H2,(H,28,32). The number of nitrogens with zero attached hydrogens (tertiary/aromatic N) is 24. The van der Waals surface area contributed by atoms with Gasteiger partial charge in [-0.3, -0.25) is 52.7 Å². The lowest BCUT2D eigenvalue weighted by atomic mass is 10.1. The molecule has 1 aliphatic heterocycles. The zero-order valence-electron chi connectivity index (χ0n) is 76.2. The normalized spacial score (nSPS) is 12.6. The molecule has 4 aromatic carbocycles. The predicted molar refractivity (Wildman–Crippen MR) is 505 cm³/mol. The lowest BCUT2D eigenvalue weighted by molar-refractivity contribution is -0.0501. The molecule has 2 aliphatic rings. The number of benzene rings is 4. The highest BCUT2D eigenvalue weighted by atomic mass is 32.2. The second kappa shape index (κ2) is 41.8. The van der Waals surface area contributed by atoms with E-state index < -0.39 is 100 Å². The summed E-state index contributed by atoms with van der Waals surface area (Å²) in [6.07, 6.45) is 31.0. The van der Waals surface area contributed by atoms with Crippen LogP contribution in [0.2, 0.25) is 0 Å². The zero-order chi connectivity index (χ0) is 105. The first-order valence-corrected chi connectivity index (χ1v) is 48.9. The fraction of sp³-hybridized carbons (Fsp3) is 0.143. The third-order valence-electron chi connectivity index (χ3n) is 21.7. The molecule has 14 aromatic heterocycles. The minimum atomic E-state index is -4.24. The largest absolute Gasteiger partial charge is 0.434 e. The van der Waals surface area contributed by atoms with Crippen molar-refractivity contribution < 1.29 is 107 Å². The van der Waals surface area contributed by atoms with Crippen molar-refractivity contribution in [1.29, 1.82) is 5.26 Å². The Hall–Kier alpha value is -18.5. The van der Waals surface area contributed by atoms with Crippen LogP contribution < -0.4 is 45.8 Å². The highest BCUT2D eigenvalue weighted by Gasteiger charge is 2.39. The Kier molecular flexibility index (Phi) is 28.6. The van der Waals surface area contributed by atoms with Gasteiger partial charge in [0.25, 0.3) is 29.2 Å². The van der Waals surface area contributed by atoms with Crippen LogP contribution in [0.3, 0.4) is 0 Å². The maximum absolute atomic E-state index is 13.3. The summed E-state index contributed by atoms with van der Waals surface area (Å²) in [6.45, 7) is -12.8. The van der Waals surface area contributed by atoms with E-state index in [4.69, 9.17) is 5.26 Å². The molecule has 20 rings (SSSR count). The number of aromatic nitrogens is 22. The number of fused-ring (bicyclic) bond motifs is 4. The summed E-state index contributed by atoms with van der Waals surface area (Å²) in [5.41, 5.74) is 1.21. The summed E-state index contributed by atoms with van der Waals surface area (Å²) in [4.78, 5) is 87.5. The van der Waals surface area contributed by atoms with E-state index in [9.17, 15) is 92.8 Å². The van der Waals surface area contributed by atoms with Crippen LogP contribution in [0, 0.1) is 11.3 Å². The van der Waals surface area contributed by atoms with Crippen LogP contribution in [-0.4, -0.2) is 209 Å². The molecule has 0 unspecified atom stereocenters. The second-order valence-corrected chi connectivity index (χ2v) is 39.6. The van der Waals surface area contributed by atoms with E-state index in [1.807, 2.05) is 6.07 Å². The number of rotatable bonds is 29. The molecule has 1 fully saturated rings. The second-order valence-electron chi connectivity index (χ2n) is 31.5. The summed E-state index contributed by atoms with van der Waals surface area (Å²) in [5, 5.41) is 52.6. The molecule has 18 aromatic rings. The highest BCUT2D eigenvalue weighted by Crippen LogP contribution is 2.45. The summed E-state index contributed by atoms with van der Waals surface area (Å²) < 4.78 is 241. The SMILES string of the molecule is Cn1cc(NC(=O)c2cnn3cccnc23)c(-c2cc(S(=O)(=O)C3=CCN=C3)ccc2OC(F)F)n1.Cn1cc(NC(=O)c2cnn3cccnc23)c(-c2cc(S(=O)(=O)c3cccnc3)ccc2OC(F)F)n1.Cn1cc(NC(=O)c2cnn3cccnc23)c(-c2cc(S(=O)(=O)c3ccn(C)c(=O)c3)ccc2OC(F)F)n1.N#CCn1cc(NC(=O)c2cnn3cccnc23)c(-c2cc(S(=O)(=O)C3CC3)ccc2OC(F)F)n1. The molecule has 0 saturated heterocycles. The summed E-state index contributed by atoms with van der Waals surface area (Å²) in [5.74, 6) is -3.76. The topological polar surface area (TPSA) is 553 Å². The van der Waals surface area contributed by atoms with E-state index in [0.29, 0.717) is 24.1 Å². The van der Waals surface area contributed by atoms with E-state index in [-0.39, 0.29) is 172 Å². The number of carbonyl (C=O) groups excluding carboxylic acids is 4. The molecule has 45 nitrogen and oxygen atoms in total. The summed E-state index contributed by atoms with van der Waals surface area (Å²) in [7, 11) is -9.83. The number of hydrogen-bond acceptors (Lipinski definition) is 32. The molecular weight excluding hydrogens is 2040 g/mol. The van der Waals surface area contributed by atoms with Crippen molar-refractivity contribution in [2.24, 2.45) is 33.2 Å². The number of sulfone groups is 4. The fourth-order valence-corrected chi connectivity index (χ4v) is 20.4. The molecule has 4 amide bonds. The molecule has 1 saturated carbocycles. The molecule has 0 radical (unpaired) electrons. The zero-order valence-corrected chi connectivity index (χ0v) is 79.5. The van der Waals surface area contributed by atoms with Crippen LogP contribution in [-0.2, 0) is 74.1 Å². The van der Waals surface area contributed by atoms with Gasteiger partial charge in [0.1, 0.15) is 74.6 Å². The van der Waals surface area contributed by atoms with Crippen LogP contribution >= 0.6 is 0 Å². The number of carbonyl (C=O) groups is 4. The maximum Gasteiger partial charge on any atom is 0.387 e. The van der Waals surface area contributed by atoms with Crippen LogP contribution in [0.15, 0.2) is 289 Å². The quantitative estimate of drug-likeness (QED) is 0.0316. The number of hydrogen-bond donors (Lipinski definition) is 4. The van der Waals surface area contributed by atoms with Crippen LogP contribution in [0.25, 0.3) is 67.6 Å². The van der Waals surface area contributed by atoms with Gasteiger partial charge in [-0.1, -0.05) is 0 Å². The van der Waals surface area contributed by atoms with Crippen molar-refractivity contribution in [2.75, 3.05) is 27.8 Å². The van der Waals surface area contributed by atoms with Crippen molar-refractivity contribution in [3.63, 3.8) is 0 Å². The van der Waals surface area contributed by atoms with Gasteiger partial charge < -0.3 is 44.8 Å². The molecule has 756 valence electrons. The Bertz CT molecular complexity index is 8930. The van der Waals surface area contributed by atoms with Crippen molar-refractivity contribution in [3.05, 3.63) is 283 Å². The van der Waals surface area contributed by atoms with Gasteiger partial charge in [0.15, 0.2) is 32.4 Å². The monoisotopic (exact) mass is 2110 g/mol. The number of halogens is 8. The number of allylic oxidation sites excluding steroid dienone is 1. The van der Waals surface area contributed by atoms with E-state index >= 15 is 0 Å². The Morgan fingerprint density at radius 1 is 0.412 bits per heavy atom. The number of ether oxygens (including phenoxy) is 4. The van der Waals surface area contributed by atoms with Gasteiger partial charge in [0.2, 0.25) is 29.5 Å². The first-order chi connectivity index (χ1) is 70.8. The first-order valence-electron chi connectivity index (χ1n) is 42.9. The predicted octanol–water partition coefficient (Wildman–Crippen LogP) is 11.4. The molecule has 0 spiro atoms. The number of nitrogens with one attached hydrogen (secondary N) is 4. The lowest BCUT2D eigenvalue weighted by Gasteiger charge is -2.13. The fourth-order valence-electron chi connectivity index (χ4n) is 14.9. The average Bonchev–Trinajstić information content (AvgIpc) is 1.45. The van der Waals surface area contributed by atoms with Gasteiger partial charge in [-0.25, -0.2) is 71.7 Å². The minimum Gasteiger partial charge on any atom is -0.434 e. The molecule has 0 atom stereocenters. The van der Waals surface area contributed by atoms with Crippen molar-refractivity contribution in [3.8, 4) is 74.1 Å². The molecule has 4 N–H and O–H groups in total. The van der Waals surface area contributed by atoms with Gasteiger partial charge in [-0.15, -0.1) is 0 Å². The highest BCUT2D eigenvalue weighted by molar-refractivity contribution is 7.96. The van der Waals surface area contributed by atoms with E-state index in [0.717, 1.165) is 60.7 Å². The average molecular weight is 2110 g/mol. The number of aryl methyl sites for hydroxylation is 4. The maximum atomic E-state index is 13.3. The summed E-state index contributed by atoms with van der Waals surface area (Å²) in [6, 6.07) is 27.1. The Balaban J connectivity index is 0.000000135. The Labute approximate surface area is 827 Å². The smallest absolute Gasteiger partial charge is 0.387 e. The number of amides is 4. The Morgan fingerprint density at radius 3 is 1.09 bits per heavy atom. The van der Waals surface area contributed by atoms with Gasteiger partial charge >= 0.3 is 26.4 Å². The number of aliphatic imine (C=N–C) groups is 1. The Morgan fingerprint density at radius 2 is 0.757 bits per heavy atom. The van der Waals surface area contributed by atoms with Gasteiger partial charge in [0, 0.05) is 149 Å². The number of anilines is 4. The van der Waals surface area contributed by atoms with Crippen molar-refractivity contribution >= 4 is 115 Å². The molecular formula is C91H70F8N28O17S4.